The van der Waals surface area contributed by atoms with Crippen LogP contribution in [0.15, 0.2) is 16.8 Å². The molecule has 1 rings (SSSR count). The zero-order valence-corrected chi connectivity index (χ0v) is 8.99. The molecule has 0 saturated carbocycles. The van der Waals surface area contributed by atoms with Crippen LogP contribution in [0.4, 0.5) is 0 Å². The highest BCUT2D eigenvalue weighted by atomic mass is 32.2. The molecule has 0 aliphatic heterocycles. The summed E-state index contributed by atoms with van der Waals surface area (Å²) < 4.78 is 0. The van der Waals surface area contributed by atoms with E-state index in [0.29, 0.717) is 5.25 Å². The zero-order valence-electron chi connectivity index (χ0n) is 7.36. The molecule has 2 atom stereocenters. The van der Waals surface area contributed by atoms with Gasteiger partial charge in [0.25, 0.3) is 0 Å². The summed E-state index contributed by atoms with van der Waals surface area (Å²) in [6.07, 6.45) is -0.214. The average molecular weight is 202 g/mol. The molecule has 1 aromatic heterocycles. The molecule has 0 radical (unpaired) electrons. The van der Waals surface area contributed by atoms with Crippen molar-refractivity contribution in [1.29, 1.82) is 0 Å². The fourth-order valence-corrected chi connectivity index (χ4v) is 2.43. The number of thiophene rings is 1. The summed E-state index contributed by atoms with van der Waals surface area (Å²) in [7, 11) is 0. The van der Waals surface area contributed by atoms with Crippen LogP contribution in [-0.4, -0.2) is 16.5 Å². The fraction of sp³-hybridized carbons (Fsp3) is 0.556. The molecule has 0 bridgehead atoms. The molecule has 0 amide bonds. The molecule has 1 nitrogen and oxygen atoms in total. The Morgan fingerprint density at radius 2 is 2.33 bits per heavy atom. The molecule has 0 saturated heterocycles. The summed E-state index contributed by atoms with van der Waals surface area (Å²) in [5.41, 5.74) is 1.36. The normalized spacial score (nSPS) is 15.9. The molecule has 1 aromatic rings. The molecule has 1 N–H and O–H groups in total. The van der Waals surface area contributed by atoms with E-state index in [4.69, 9.17) is 0 Å². The highest BCUT2D eigenvalue weighted by Crippen LogP contribution is 2.21. The molecule has 0 aliphatic rings. The molecule has 3 heteroatoms. The third-order valence-corrected chi connectivity index (χ3v) is 3.92. The summed E-state index contributed by atoms with van der Waals surface area (Å²) in [5, 5.41) is 13.8. The highest BCUT2D eigenvalue weighted by molar-refractivity contribution is 7.99. The van der Waals surface area contributed by atoms with Gasteiger partial charge in [-0.2, -0.15) is 23.1 Å². The minimum absolute atomic E-state index is 0.214. The monoisotopic (exact) mass is 202 g/mol. The Morgan fingerprint density at radius 1 is 1.58 bits per heavy atom. The Balaban J connectivity index is 2.27. The van der Waals surface area contributed by atoms with Crippen molar-refractivity contribution in [3.05, 3.63) is 22.4 Å². The predicted octanol–water partition coefficient (Wildman–Crippen LogP) is 2.75. The first kappa shape index (κ1) is 10.1. The van der Waals surface area contributed by atoms with Gasteiger partial charge in [-0.1, -0.05) is 6.92 Å². The van der Waals surface area contributed by atoms with E-state index in [9.17, 15) is 5.11 Å². The van der Waals surface area contributed by atoms with Crippen LogP contribution in [0.1, 0.15) is 19.4 Å². The molecular formula is C9H14OS2. The van der Waals surface area contributed by atoms with E-state index in [1.54, 1.807) is 23.1 Å². The van der Waals surface area contributed by atoms with Crippen molar-refractivity contribution in [2.24, 2.45) is 0 Å². The topological polar surface area (TPSA) is 20.2 Å². The maximum absolute atomic E-state index is 9.23. The van der Waals surface area contributed by atoms with Crippen molar-refractivity contribution < 1.29 is 5.11 Å². The molecule has 0 aliphatic carbocycles. The van der Waals surface area contributed by atoms with Crippen LogP contribution in [-0.2, 0) is 5.75 Å². The Labute approximate surface area is 81.8 Å². The number of rotatable bonds is 4. The molecule has 0 spiro atoms. The van der Waals surface area contributed by atoms with Crippen molar-refractivity contribution in [2.75, 3.05) is 0 Å². The van der Waals surface area contributed by atoms with E-state index in [-0.39, 0.29) is 6.10 Å². The van der Waals surface area contributed by atoms with Crippen molar-refractivity contribution in [3.8, 4) is 0 Å². The molecule has 0 aromatic carbocycles. The van der Waals surface area contributed by atoms with Crippen LogP contribution in [0.2, 0.25) is 0 Å². The molecule has 2 unspecified atom stereocenters. The summed E-state index contributed by atoms with van der Waals surface area (Å²) >= 11 is 3.52. The fourth-order valence-electron chi connectivity index (χ4n) is 0.742. The minimum atomic E-state index is -0.214. The van der Waals surface area contributed by atoms with Crippen LogP contribution < -0.4 is 0 Å². The summed E-state index contributed by atoms with van der Waals surface area (Å²) in [6.45, 7) is 3.90. The third kappa shape index (κ3) is 3.17. The molecule has 1 heterocycles. The second-order valence-electron chi connectivity index (χ2n) is 2.89. The molecule has 12 heavy (non-hydrogen) atoms. The van der Waals surface area contributed by atoms with Crippen LogP contribution in [0, 0.1) is 0 Å². The number of aliphatic hydroxyl groups is 1. The summed E-state index contributed by atoms with van der Waals surface area (Å²) in [6, 6.07) is 2.13. The predicted molar refractivity (Wildman–Crippen MR) is 56.8 cm³/mol. The standard InChI is InChI=1S/C9H14OS2/c1-7(10)8(2)12-6-9-3-4-11-5-9/h3-5,7-8,10H,6H2,1-2H3. The van der Waals surface area contributed by atoms with Gasteiger partial charge in [0.1, 0.15) is 0 Å². The molecular weight excluding hydrogens is 188 g/mol. The van der Waals surface area contributed by atoms with Crippen molar-refractivity contribution >= 4 is 23.1 Å². The molecule has 0 fully saturated rings. The van der Waals surface area contributed by atoms with E-state index in [1.165, 1.54) is 5.56 Å². The lowest BCUT2D eigenvalue weighted by atomic mass is 10.3. The largest absolute Gasteiger partial charge is 0.392 e. The number of thioether (sulfide) groups is 1. The van der Waals surface area contributed by atoms with E-state index in [1.807, 2.05) is 6.92 Å². The minimum Gasteiger partial charge on any atom is -0.392 e. The Hall–Kier alpha value is 0.01000. The SMILES string of the molecule is CC(O)C(C)SCc1ccsc1. The Kier molecular flexibility index (Phi) is 4.12. The lowest BCUT2D eigenvalue weighted by molar-refractivity contribution is 0.196. The Morgan fingerprint density at radius 3 is 2.83 bits per heavy atom. The first-order chi connectivity index (χ1) is 5.70. The first-order valence-corrected chi connectivity index (χ1v) is 6.00. The maximum Gasteiger partial charge on any atom is 0.0628 e. The summed E-state index contributed by atoms with van der Waals surface area (Å²) in [4.78, 5) is 0. The van der Waals surface area contributed by atoms with Crippen LogP contribution in [0.5, 0.6) is 0 Å². The number of hydrogen-bond donors (Lipinski definition) is 1. The number of hydrogen-bond acceptors (Lipinski definition) is 3. The van der Waals surface area contributed by atoms with Crippen molar-refractivity contribution in [2.45, 2.75) is 31.0 Å². The van der Waals surface area contributed by atoms with Gasteiger partial charge in [-0.25, -0.2) is 0 Å². The number of aliphatic hydroxyl groups excluding tert-OH is 1. The van der Waals surface area contributed by atoms with Gasteiger partial charge < -0.3 is 5.11 Å². The quantitative estimate of drug-likeness (QED) is 0.810. The smallest absolute Gasteiger partial charge is 0.0628 e. The van der Waals surface area contributed by atoms with E-state index in [2.05, 4.69) is 23.8 Å². The average Bonchev–Trinajstić information content (AvgIpc) is 2.51. The van der Waals surface area contributed by atoms with E-state index < -0.39 is 0 Å². The van der Waals surface area contributed by atoms with Crippen LogP contribution in [0.25, 0.3) is 0 Å². The first-order valence-electron chi connectivity index (χ1n) is 4.01. The van der Waals surface area contributed by atoms with Gasteiger partial charge in [-0.05, 0) is 29.3 Å². The van der Waals surface area contributed by atoms with E-state index >= 15 is 0 Å². The van der Waals surface area contributed by atoms with Gasteiger partial charge in [0.2, 0.25) is 0 Å². The lowest BCUT2D eigenvalue weighted by Gasteiger charge is -2.12. The van der Waals surface area contributed by atoms with Crippen LogP contribution in [0.3, 0.4) is 0 Å². The van der Waals surface area contributed by atoms with E-state index in [0.717, 1.165) is 5.75 Å². The highest BCUT2D eigenvalue weighted by Gasteiger charge is 2.08. The zero-order chi connectivity index (χ0) is 8.97. The second kappa shape index (κ2) is 4.90. The van der Waals surface area contributed by atoms with Gasteiger partial charge in [0.15, 0.2) is 0 Å². The second-order valence-corrected chi connectivity index (χ2v) is 5.03. The maximum atomic E-state index is 9.23. The van der Waals surface area contributed by atoms with Gasteiger partial charge in [-0.15, -0.1) is 0 Å². The van der Waals surface area contributed by atoms with Gasteiger partial charge in [0, 0.05) is 11.0 Å². The van der Waals surface area contributed by atoms with Crippen molar-refractivity contribution in [1.82, 2.24) is 0 Å². The lowest BCUT2D eigenvalue weighted by Crippen LogP contribution is -2.15. The Bertz CT molecular complexity index is 206. The molecule has 68 valence electrons. The van der Waals surface area contributed by atoms with Crippen molar-refractivity contribution in [3.63, 3.8) is 0 Å². The van der Waals surface area contributed by atoms with Gasteiger partial charge in [0.05, 0.1) is 6.10 Å². The van der Waals surface area contributed by atoms with Crippen LogP contribution >= 0.6 is 23.1 Å². The third-order valence-electron chi connectivity index (χ3n) is 1.77. The van der Waals surface area contributed by atoms with Gasteiger partial charge >= 0.3 is 0 Å². The van der Waals surface area contributed by atoms with Gasteiger partial charge in [-0.3, -0.25) is 0 Å². The summed E-state index contributed by atoms with van der Waals surface area (Å²) in [5.74, 6) is 1.01.